The van der Waals surface area contributed by atoms with Crippen molar-refractivity contribution in [1.29, 1.82) is 0 Å². The molecule has 0 atom stereocenters. The molecule has 2 aliphatic rings. The van der Waals surface area contributed by atoms with Crippen LogP contribution in [0.3, 0.4) is 0 Å². The van der Waals surface area contributed by atoms with Crippen molar-refractivity contribution >= 4 is 0 Å². The number of rotatable bonds is 0. The Morgan fingerprint density at radius 2 is 0.960 bits per heavy atom. The Bertz CT molecular complexity index is 2110. The molecule has 2 aromatic heterocycles. The Morgan fingerprint density at radius 3 is 1.38 bits per heavy atom. The topological polar surface area (TPSA) is 35.0 Å². The molecule has 0 N–H and O–H groups in total. The van der Waals surface area contributed by atoms with Crippen molar-refractivity contribution in [2.24, 2.45) is 0 Å². The number of pyridine rings is 2. The van der Waals surface area contributed by atoms with Crippen LogP contribution in [0.1, 0.15) is 100 Å². The molecule has 0 fully saturated rings. The van der Waals surface area contributed by atoms with Crippen LogP contribution in [0, 0.1) is 12.1 Å². The fourth-order valence-corrected chi connectivity index (χ4v) is 7.40. The molecule has 0 unspecified atom stereocenters. The Morgan fingerprint density at radius 1 is 0.540 bits per heavy atom. The van der Waals surface area contributed by atoms with Crippen LogP contribution in [0.5, 0.6) is 11.5 Å². The first-order valence-electron chi connectivity index (χ1n) is 17.3. The second kappa shape index (κ2) is 11.9. The molecule has 6 aromatic rings. The Kier molecular flexibility index (Phi) is 8.11. The van der Waals surface area contributed by atoms with Gasteiger partial charge in [-0.15, -0.1) is 70.8 Å². The number of benzene rings is 4. The van der Waals surface area contributed by atoms with Crippen LogP contribution in [0.15, 0.2) is 109 Å². The van der Waals surface area contributed by atoms with Crippen molar-refractivity contribution in [3.63, 3.8) is 0 Å². The van der Waals surface area contributed by atoms with Gasteiger partial charge in [0.05, 0.1) is 11.4 Å². The summed E-state index contributed by atoms with van der Waals surface area (Å²) in [6.45, 7) is 18.0. The van der Waals surface area contributed by atoms with Gasteiger partial charge in [-0.25, -0.2) is 0 Å². The van der Waals surface area contributed by atoms with E-state index in [1.165, 1.54) is 11.1 Å². The molecule has 8 bridgehead atoms. The summed E-state index contributed by atoms with van der Waals surface area (Å²) >= 11 is 0. The molecule has 0 radical (unpaired) electrons. The van der Waals surface area contributed by atoms with E-state index in [1.54, 1.807) is 0 Å². The van der Waals surface area contributed by atoms with Crippen molar-refractivity contribution in [3.05, 3.63) is 166 Å². The van der Waals surface area contributed by atoms with Crippen LogP contribution < -0.4 is 4.74 Å². The summed E-state index contributed by atoms with van der Waals surface area (Å²) < 4.78 is 6.82. The standard InChI is InChI=1S/C46H42N2O.Pt/c1-43(2,3)31-21-23-39-35(27-31)46(36-28-32(44(4,5)6)22-24-40(36)49-39)41-19-11-17-37(47-41)29-13-9-15-33(25-29)45(7,8)34-16-10-14-30(26-34)38-18-12-20-42(46)48-38;/h9-24,27-28H,1-8H3;/q-2;+2. The summed E-state index contributed by atoms with van der Waals surface area (Å²) in [6, 6.07) is 46.5. The molecule has 50 heavy (non-hydrogen) atoms. The predicted molar refractivity (Wildman–Crippen MR) is 198 cm³/mol. The maximum atomic E-state index is 6.82. The molecule has 2 aliphatic heterocycles. The minimum atomic E-state index is -0.893. The zero-order valence-corrected chi connectivity index (χ0v) is 32.3. The summed E-state index contributed by atoms with van der Waals surface area (Å²) in [5, 5.41) is 0. The van der Waals surface area contributed by atoms with Crippen LogP contribution in [-0.4, -0.2) is 9.97 Å². The first-order valence-corrected chi connectivity index (χ1v) is 17.3. The summed E-state index contributed by atoms with van der Waals surface area (Å²) in [6.07, 6.45) is 0. The SMILES string of the molecule is CC(C)(C)c1ccc2c(c1)C1(c3cccc(n3)-c3[c-]c(ccc3)C(C)(C)c3[c-]c(ccc3)-c3cccc1n3)c1cc(C(C)(C)C)ccc1O2.[Pt+2]. The number of fused-ring (bicyclic) bond motifs is 16. The first kappa shape index (κ1) is 34.1. The van der Waals surface area contributed by atoms with Crippen LogP contribution >= 0.6 is 0 Å². The number of nitrogens with zero attached hydrogens (tertiary/aromatic N) is 2. The minimum absolute atomic E-state index is 0. The van der Waals surface area contributed by atoms with E-state index in [1.807, 2.05) is 0 Å². The Hall–Kier alpha value is -4.33. The largest absolute Gasteiger partial charge is 2.00 e. The number of ether oxygens (including phenoxy) is 1. The molecule has 1 spiro atoms. The van der Waals surface area contributed by atoms with Gasteiger partial charge in [-0.3, -0.25) is 9.97 Å². The maximum absolute atomic E-state index is 6.82. The van der Waals surface area contributed by atoms with Gasteiger partial charge in [-0.1, -0.05) is 91.8 Å². The van der Waals surface area contributed by atoms with E-state index in [0.717, 1.165) is 67.7 Å². The van der Waals surface area contributed by atoms with Crippen molar-refractivity contribution in [1.82, 2.24) is 9.97 Å². The molecular weight excluding hydrogens is 792 g/mol. The van der Waals surface area contributed by atoms with Gasteiger partial charge < -0.3 is 4.74 Å². The smallest absolute Gasteiger partial charge is 0.457 e. The average Bonchev–Trinajstić information content (AvgIpc) is 3.09. The summed E-state index contributed by atoms with van der Waals surface area (Å²) in [5.74, 6) is 1.63. The Balaban J connectivity index is 0.00000392. The molecular formula is C46H42N2OPt. The zero-order chi connectivity index (χ0) is 34.3. The third-order valence-corrected chi connectivity index (χ3v) is 10.5. The summed E-state index contributed by atoms with van der Waals surface area (Å²) in [5.41, 5.74) is 10.7. The van der Waals surface area contributed by atoms with E-state index in [-0.39, 0.29) is 37.3 Å². The van der Waals surface area contributed by atoms with Gasteiger partial charge in [0.15, 0.2) is 0 Å². The van der Waals surface area contributed by atoms with Crippen LogP contribution in [0.25, 0.3) is 22.5 Å². The summed E-state index contributed by atoms with van der Waals surface area (Å²) in [4.78, 5) is 11.2. The third-order valence-electron chi connectivity index (χ3n) is 10.5. The van der Waals surface area contributed by atoms with E-state index >= 15 is 0 Å². The third kappa shape index (κ3) is 5.37. The van der Waals surface area contributed by atoms with Gasteiger partial charge in [-0.2, -0.15) is 0 Å². The molecule has 3 nitrogen and oxygen atoms in total. The fraction of sp³-hybridized carbons (Fsp3) is 0.261. The molecule has 0 aliphatic carbocycles. The molecule has 0 saturated heterocycles. The maximum Gasteiger partial charge on any atom is 2.00 e. The second-order valence-corrected chi connectivity index (χ2v) is 16.2. The molecule has 252 valence electrons. The first-order chi connectivity index (χ1) is 23.3. The molecule has 0 amide bonds. The van der Waals surface area contributed by atoms with E-state index in [2.05, 4.69) is 177 Å². The normalized spacial score (nSPS) is 15.1. The van der Waals surface area contributed by atoms with Gasteiger partial charge in [0.1, 0.15) is 16.9 Å². The molecule has 8 rings (SSSR count). The predicted octanol–water partition coefficient (Wildman–Crippen LogP) is 11.1. The minimum Gasteiger partial charge on any atom is -0.457 e. The fourth-order valence-electron chi connectivity index (χ4n) is 7.40. The van der Waals surface area contributed by atoms with Crippen LogP contribution in [0.2, 0.25) is 0 Å². The Labute approximate surface area is 311 Å². The number of hydrogen-bond donors (Lipinski definition) is 0. The number of aromatic nitrogens is 2. The monoisotopic (exact) mass is 833 g/mol. The van der Waals surface area contributed by atoms with E-state index in [4.69, 9.17) is 14.7 Å². The molecule has 4 aromatic carbocycles. The second-order valence-electron chi connectivity index (χ2n) is 16.2. The molecule has 4 heteroatoms. The average molecular weight is 834 g/mol. The van der Waals surface area contributed by atoms with E-state index < -0.39 is 5.41 Å². The summed E-state index contributed by atoms with van der Waals surface area (Å²) in [7, 11) is 0. The van der Waals surface area contributed by atoms with Crippen LogP contribution in [0.4, 0.5) is 0 Å². The van der Waals surface area contributed by atoms with Gasteiger partial charge in [-0.05, 0) is 75.2 Å². The van der Waals surface area contributed by atoms with Gasteiger partial charge in [0.25, 0.3) is 0 Å². The van der Waals surface area contributed by atoms with E-state index in [9.17, 15) is 0 Å². The quantitative estimate of drug-likeness (QED) is 0.143. The molecule has 4 heterocycles. The van der Waals surface area contributed by atoms with Crippen molar-refractivity contribution < 1.29 is 25.8 Å². The van der Waals surface area contributed by atoms with Crippen molar-refractivity contribution in [2.45, 2.75) is 77.0 Å². The van der Waals surface area contributed by atoms with Crippen LogP contribution in [-0.2, 0) is 42.7 Å². The molecule has 0 saturated carbocycles. The zero-order valence-electron chi connectivity index (χ0n) is 30.0. The van der Waals surface area contributed by atoms with E-state index in [0.29, 0.717) is 0 Å². The van der Waals surface area contributed by atoms with Crippen molar-refractivity contribution in [3.8, 4) is 34.0 Å². The van der Waals surface area contributed by atoms with Gasteiger partial charge in [0.2, 0.25) is 0 Å². The number of hydrogen-bond acceptors (Lipinski definition) is 3. The van der Waals surface area contributed by atoms with Gasteiger partial charge in [0, 0.05) is 11.1 Å². The van der Waals surface area contributed by atoms with Gasteiger partial charge >= 0.3 is 21.1 Å². The van der Waals surface area contributed by atoms with Crippen molar-refractivity contribution in [2.75, 3.05) is 0 Å².